The van der Waals surface area contributed by atoms with Crippen molar-refractivity contribution in [2.45, 2.75) is 20.0 Å². The number of hydrogen-bond acceptors (Lipinski definition) is 3. The summed E-state index contributed by atoms with van der Waals surface area (Å²) in [6, 6.07) is 12.3. The van der Waals surface area contributed by atoms with E-state index in [1.165, 1.54) is 5.56 Å². The minimum Gasteiger partial charge on any atom is -0.381 e. The van der Waals surface area contributed by atoms with E-state index in [2.05, 4.69) is 34.6 Å². The molecule has 0 unspecified atom stereocenters. The molecule has 3 heteroatoms. The molecule has 17 heavy (non-hydrogen) atoms. The smallest absolute Gasteiger partial charge is 0.0400 e. The van der Waals surface area contributed by atoms with Gasteiger partial charge in [-0.25, -0.2) is 0 Å². The van der Waals surface area contributed by atoms with Crippen LogP contribution in [0.25, 0.3) is 0 Å². The maximum absolute atomic E-state index is 5.56. The van der Waals surface area contributed by atoms with Crippen LogP contribution >= 0.6 is 0 Å². The predicted octanol–water partition coefficient (Wildman–Crippen LogP) is 2.46. The minimum absolute atomic E-state index is 0.595. The molecule has 3 nitrogen and oxygen atoms in total. The second-order valence-electron chi connectivity index (χ2n) is 4.06. The van der Waals surface area contributed by atoms with Crippen molar-refractivity contribution in [3.05, 3.63) is 59.4 Å². The summed E-state index contributed by atoms with van der Waals surface area (Å²) >= 11 is 0. The Bertz CT molecular complexity index is 477. The topological polar surface area (TPSA) is 50.9 Å². The predicted molar refractivity (Wildman–Crippen MR) is 70.6 cm³/mol. The summed E-state index contributed by atoms with van der Waals surface area (Å²) in [5.74, 6) is 0. The van der Waals surface area contributed by atoms with Gasteiger partial charge in [-0.1, -0.05) is 24.3 Å². The Morgan fingerprint density at radius 1 is 1.12 bits per heavy atom. The van der Waals surface area contributed by atoms with E-state index in [9.17, 15) is 0 Å². The van der Waals surface area contributed by atoms with Gasteiger partial charge in [0, 0.05) is 30.7 Å². The number of aromatic nitrogens is 1. The highest BCUT2D eigenvalue weighted by molar-refractivity contribution is 5.43. The first kappa shape index (κ1) is 11.6. The molecule has 0 bridgehead atoms. The summed E-state index contributed by atoms with van der Waals surface area (Å²) in [5, 5.41) is 3.37. The largest absolute Gasteiger partial charge is 0.381 e. The van der Waals surface area contributed by atoms with Crippen molar-refractivity contribution in [1.29, 1.82) is 0 Å². The molecule has 0 amide bonds. The van der Waals surface area contributed by atoms with E-state index in [-0.39, 0.29) is 0 Å². The lowest BCUT2D eigenvalue weighted by Crippen LogP contribution is -2.01. The molecule has 88 valence electrons. The van der Waals surface area contributed by atoms with Gasteiger partial charge in [0.15, 0.2) is 0 Å². The van der Waals surface area contributed by atoms with E-state index < -0.39 is 0 Å². The highest BCUT2D eigenvalue weighted by Gasteiger charge is 1.95. The second-order valence-corrected chi connectivity index (χ2v) is 4.06. The van der Waals surface area contributed by atoms with Crippen LogP contribution in [0.15, 0.2) is 42.6 Å². The Labute approximate surface area is 102 Å². The van der Waals surface area contributed by atoms with Gasteiger partial charge in [-0.15, -0.1) is 0 Å². The van der Waals surface area contributed by atoms with E-state index in [1.54, 1.807) is 0 Å². The number of hydrogen-bond donors (Lipinski definition) is 2. The van der Waals surface area contributed by atoms with Crippen LogP contribution in [0.4, 0.5) is 5.69 Å². The van der Waals surface area contributed by atoms with E-state index in [0.29, 0.717) is 6.54 Å². The molecule has 1 heterocycles. The van der Waals surface area contributed by atoms with Crippen LogP contribution in [-0.4, -0.2) is 4.98 Å². The highest BCUT2D eigenvalue weighted by atomic mass is 14.9. The van der Waals surface area contributed by atoms with Crippen LogP contribution in [0.3, 0.4) is 0 Å². The standard InChI is InChI=1S/C14H17N3/c1-11-8-14(6-7-16-11)17-10-13-4-2-12(9-15)3-5-13/h2-8H,9-10,15H2,1H3,(H,16,17). The first-order valence-corrected chi connectivity index (χ1v) is 5.72. The van der Waals surface area contributed by atoms with Crippen LogP contribution in [0.5, 0.6) is 0 Å². The van der Waals surface area contributed by atoms with Gasteiger partial charge < -0.3 is 11.1 Å². The van der Waals surface area contributed by atoms with E-state index in [0.717, 1.165) is 23.5 Å². The molecule has 0 saturated carbocycles. The molecule has 0 aliphatic carbocycles. The molecule has 2 aromatic rings. The lowest BCUT2D eigenvalue weighted by atomic mass is 10.1. The number of anilines is 1. The highest BCUT2D eigenvalue weighted by Crippen LogP contribution is 2.10. The molecule has 0 saturated heterocycles. The second kappa shape index (κ2) is 5.46. The average molecular weight is 227 g/mol. The Hall–Kier alpha value is -1.87. The maximum Gasteiger partial charge on any atom is 0.0400 e. The van der Waals surface area contributed by atoms with Crippen molar-refractivity contribution >= 4 is 5.69 Å². The van der Waals surface area contributed by atoms with Crippen LogP contribution in [0.1, 0.15) is 16.8 Å². The van der Waals surface area contributed by atoms with Gasteiger partial charge in [0.05, 0.1) is 0 Å². The fraction of sp³-hybridized carbons (Fsp3) is 0.214. The Kier molecular flexibility index (Phi) is 3.73. The lowest BCUT2D eigenvalue weighted by Gasteiger charge is -2.07. The van der Waals surface area contributed by atoms with Crippen LogP contribution in [0.2, 0.25) is 0 Å². The molecular formula is C14H17N3. The summed E-state index contributed by atoms with van der Waals surface area (Å²) in [6.07, 6.45) is 1.81. The first-order chi connectivity index (χ1) is 8.28. The molecule has 0 spiro atoms. The van der Waals surface area contributed by atoms with Crippen LogP contribution in [-0.2, 0) is 13.1 Å². The number of aryl methyl sites for hydroxylation is 1. The quantitative estimate of drug-likeness (QED) is 0.843. The number of benzene rings is 1. The third-order valence-corrected chi connectivity index (χ3v) is 2.65. The zero-order valence-corrected chi connectivity index (χ0v) is 9.98. The number of nitrogens with zero attached hydrogens (tertiary/aromatic N) is 1. The molecule has 0 aliphatic heterocycles. The molecule has 2 rings (SSSR count). The third-order valence-electron chi connectivity index (χ3n) is 2.65. The Morgan fingerprint density at radius 2 is 1.82 bits per heavy atom. The molecule has 1 aromatic carbocycles. The van der Waals surface area contributed by atoms with Gasteiger partial charge in [-0.3, -0.25) is 4.98 Å². The monoisotopic (exact) mass is 227 g/mol. The molecular weight excluding hydrogens is 210 g/mol. The Balaban J connectivity index is 1.97. The van der Waals surface area contributed by atoms with Crippen molar-refractivity contribution in [2.75, 3.05) is 5.32 Å². The zero-order valence-electron chi connectivity index (χ0n) is 9.98. The van der Waals surface area contributed by atoms with Gasteiger partial charge in [0.25, 0.3) is 0 Å². The maximum atomic E-state index is 5.56. The van der Waals surface area contributed by atoms with Gasteiger partial charge in [-0.2, -0.15) is 0 Å². The normalized spacial score (nSPS) is 10.2. The van der Waals surface area contributed by atoms with Crippen LogP contribution in [0, 0.1) is 6.92 Å². The molecule has 0 atom stereocenters. The minimum atomic E-state index is 0.595. The van der Waals surface area contributed by atoms with Gasteiger partial charge >= 0.3 is 0 Å². The van der Waals surface area contributed by atoms with Crippen LogP contribution < -0.4 is 11.1 Å². The lowest BCUT2D eigenvalue weighted by molar-refractivity contribution is 1.06. The molecule has 0 fully saturated rings. The fourth-order valence-corrected chi connectivity index (χ4v) is 1.65. The van der Waals surface area contributed by atoms with Gasteiger partial charge in [0.2, 0.25) is 0 Å². The van der Waals surface area contributed by atoms with E-state index in [4.69, 9.17) is 5.73 Å². The van der Waals surface area contributed by atoms with Crippen molar-refractivity contribution in [3.8, 4) is 0 Å². The number of nitrogens with one attached hydrogen (secondary N) is 1. The SMILES string of the molecule is Cc1cc(NCc2ccc(CN)cc2)ccn1. The van der Waals surface area contributed by atoms with Crippen molar-refractivity contribution in [1.82, 2.24) is 4.98 Å². The summed E-state index contributed by atoms with van der Waals surface area (Å²) in [6.45, 7) is 3.40. The number of rotatable bonds is 4. The number of nitrogens with two attached hydrogens (primary N) is 1. The first-order valence-electron chi connectivity index (χ1n) is 5.72. The summed E-state index contributed by atoms with van der Waals surface area (Å²) in [7, 11) is 0. The summed E-state index contributed by atoms with van der Waals surface area (Å²) in [5.41, 5.74) is 10.1. The van der Waals surface area contributed by atoms with Crippen molar-refractivity contribution in [2.24, 2.45) is 5.73 Å². The zero-order chi connectivity index (χ0) is 12.1. The van der Waals surface area contributed by atoms with Crippen molar-refractivity contribution in [3.63, 3.8) is 0 Å². The summed E-state index contributed by atoms with van der Waals surface area (Å²) in [4.78, 5) is 4.16. The molecule has 0 radical (unpaired) electrons. The Morgan fingerprint density at radius 3 is 2.47 bits per heavy atom. The fourth-order valence-electron chi connectivity index (χ4n) is 1.65. The van der Waals surface area contributed by atoms with E-state index >= 15 is 0 Å². The van der Waals surface area contributed by atoms with E-state index in [1.807, 2.05) is 25.3 Å². The van der Waals surface area contributed by atoms with Crippen molar-refractivity contribution < 1.29 is 0 Å². The molecule has 0 aliphatic rings. The number of pyridine rings is 1. The average Bonchev–Trinajstić information content (AvgIpc) is 2.37. The molecule has 1 aromatic heterocycles. The molecule has 3 N–H and O–H groups in total. The summed E-state index contributed by atoms with van der Waals surface area (Å²) < 4.78 is 0. The van der Waals surface area contributed by atoms with Gasteiger partial charge in [0.1, 0.15) is 0 Å². The third kappa shape index (κ3) is 3.29. The van der Waals surface area contributed by atoms with Gasteiger partial charge in [-0.05, 0) is 30.2 Å².